The molecule has 0 atom stereocenters. The third kappa shape index (κ3) is 4.85. The van der Waals surface area contributed by atoms with Crippen LogP contribution in [0.15, 0.2) is 0 Å². The van der Waals surface area contributed by atoms with Gasteiger partial charge in [0.2, 0.25) is 0 Å². The molecule has 80 valence electrons. The lowest BCUT2D eigenvalue weighted by molar-refractivity contribution is 0.664. The predicted octanol–water partition coefficient (Wildman–Crippen LogP) is 4.79. The molecule has 13 heavy (non-hydrogen) atoms. The SMILES string of the molecule is CC(C)C[Si](C)(CC(C)C)C(C)C. The lowest BCUT2D eigenvalue weighted by Gasteiger charge is -2.35. The Balaban J connectivity index is 4.34. The second-order valence-corrected chi connectivity index (χ2v) is 11.3. The third-order valence-corrected chi connectivity index (χ3v) is 9.43. The maximum Gasteiger partial charge on any atom is 0.0535 e. The summed E-state index contributed by atoms with van der Waals surface area (Å²) in [5.74, 6) is 1.77. The predicted molar refractivity (Wildman–Crippen MR) is 66.0 cm³/mol. The third-order valence-electron chi connectivity index (χ3n) is 3.14. The van der Waals surface area contributed by atoms with E-state index >= 15 is 0 Å². The van der Waals surface area contributed by atoms with Crippen LogP contribution in [0.25, 0.3) is 0 Å². The Morgan fingerprint density at radius 1 is 0.769 bits per heavy atom. The van der Waals surface area contributed by atoms with Crippen molar-refractivity contribution in [1.82, 2.24) is 0 Å². The highest BCUT2D eigenvalue weighted by Crippen LogP contribution is 2.34. The van der Waals surface area contributed by atoms with E-state index in [1.165, 1.54) is 12.1 Å². The van der Waals surface area contributed by atoms with Crippen LogP contribution in [0.4, 0.5) is 0 Å². The van der Waals surface area contributed by atoms with E-state index in [-0.39, 0.29) is 0 Å². The van der Waals surface area contributed by atoms with Crippen LogP contribution < -0.4 is 0 Å². The van der Waals surface area contributed by atoms with Gasteiger partial charge >= 0.3 is 0 Å². The minimum Gasteiger partial charge on any atom is -0.0689 e. The smallest absolute Gasteiger partial charge is 0.0535 e. The number of hydrogen-bond acceptors (Lipinski definition) is 0. The van der Waals surface area contributed by atoms with Gasteiger partial charge in [0.1, 0.15) is 0 Å². The fraction of sp³-hybridized carbons (Fsp3) is 1.00. The molecule has 1 heteroatoms. The van der Waals surface area contributed by atoms with Crippen LogP contribution in [0.1, 0.15) is 41.5 Å². The van der Waals surface area contributed by atoms with Gasteiger partial charge in [0.15, 0.2) is 0 Å². The van der Waals surface area contributed by atoms with Crippen LogP contribution in [-0.4, -0.2) is 8.07 Å². The molecular formula is C12H28Si. The van der Waals surface area contributed by atoms with Gasteiger partial charge in [-0.25, -0.2) is 0 Å². The highest BCUT2D eigenvalue weighted by Gasteiger charge is 2.31. The summed E-state index contributed by atoms with van der Waals surface area (Å²) in [6.07, 6.45) is 0. The topological polar surface area (TPSA) is 0 Å². The quantitative estimate of drug-likeness (QED) is 0.560. The van der Waals surface area contributed by atoms with Gasteiger partial charge in [0, 0.05) is 0 Å². The average Bonchev–Trinajstić information content (AvgIpc) is 1.82. The molecule has 0 spiro atoms. The molecule has 0 unspecified atom stereocenters. The van der Waals surface area contributed by atoms with E-state index in [0.717, 1.165) is 17.4 Å². The number of hydrogen-bond donors (Lipinski definition) is 0. The van der Waals surface area contributed by atoms with Crippen molar-refractivity contribution < 1.29 is 0 Å². The van der Waals surface area contributed by atoms with E-state index < -0.39 is 8.07 Å². The van der Waals surface area contributed by atoms with E-state index in [2.05, 4.69) is 48.1 Å². The van der Waals surface area contributed by atoms with Gasteiger partial charge in [-0.1, -0.05) is 65.7 Å². The van der Waals surface area contributed by atoms with Gasteiger partial charge < -0.3 is 0 Å². The molecule has 0 aliphatic carbocycles. The number of rotatable bonds is 5. The zero-order valence-corrected chi connectivity index (χ0v) is 11.6. The molecule has 0 aliphatic heterocycles. The summed E-state index contributed by atoms with van der Waals surface area (Å²) in [4.78, 5) is 0. The zero-order valence-electron chi connectivity index (χ0n) is 10.6. The standard InChI is InChI=1S/C12H28Si/c1-10(2)8-13(7,12(5)6)9-11(3)4/h10-12H,8-9H2,1-7H3. The van der Waals surface area contributed by atoms with E-state index in [1.807, 2.05) is 0 Å². The largest absolute Gasteiger partial charge is 0.0689 e. The summed E-state index contributed by atoms with van der Waals surface area (Å²) >= 11 is 0. The fourth-order valence-corrected chi connectivity index (χ4v) is 7.26. The lowest BCUT2D eigenvalue weighted by Crippen LogP contribution is -2.36. The molecule has 0 bridgehead atoms. The van der Waals surface area contributed by atoms with Crippen LogP contribution in [0.2, 0.25) is 24.2 Å². The van der Waals surface area contributed by atoms with Gasteiger partial charge in [0.05, 0.1) is 8.07 Å². The first-order chi connectivity index (χ1) is 5.78. The Morgan fingerprint density at radius 3 is 1.23 bits per heavy atom. The Morgan fingerprint density at radius 2 is 1.08 bits per heavy atom. The summed E-state index contributed by atoms with van der Waals surface area (Å²) < 4.78 is 0. The minimum absolute atomic E-state index is 0.887. The van der Waals surface area contributed by atoms with E-state index in [4.69, 9.17) is 0 Å². The van der Waals surface area contributed by atoms with Crippen molar-refractivity contribution in [1.29, 1.82) is 0 Å². The normalized spacial score (nSPS) is 13.4. The highest BCUT2D eigenvalue weighted by atomic mass is 28.3. The summed E-state index contributed by atoms with van der Waals surface area (Å²) in [6, 6.07) is 3.01. The van der Waals surface area contributed by atoms with Crippen LogP contribution in [-0.2, 0) is 0 Å². The van der Waals surface area contributed by atoms with Gasteiger partial charge in [-0.15, -0.1) is 0 Å². The molecule has 0 aromatic heterocycles. The molecule has 0 N–H and O–H groups in total. The van der Waals surface area contributed by atoms with Crippen molar-refractivity contribution in [2.24, 2.45) is 11.8 Å². The van der Waals surface area contributed by atoms with Crippen molar-refractivity contribution >= 4 is 8.07 Å². The molecule has 0 fully saturated rings. The van der Waals surface area contributed by atoms with Crippen LogP contribution in [0.3, 0.4) is 0 Å². The molecule has 0 heterocycles. The summed E-state index contributed by atoms with van der Waals surface area (Å²) in [7, 11) is -0.953. The first kappa shape index (κ1) is 13.2. The zero-order chi connectivity index (χ0) is 10.6. The summed E-state index contributed by atoms with van der Waals surface area (Å²) in [5, 5.41) is 0. The van der Waals surface area contributed by atoms with Crippen molar-refractivity contribution in [2.75, 3.05) is 0 Å². The molecule has 0 aliphatic rings. The Bertz CT molecular complexity index is 126. The summed E-state index contributed by atoms with van der Waals surface area (Å²) in [5.41, 5.74) is 0.942. The second kappa shape index (κ2) is 5.19. The average molecular weight is 200 g/mol. The molecule has 0 radical (unpaired) electrons. The van der Waals surface area contributed by atoms with Crippen molar-refractivity contribution in [2.45, 2.75) is 65.7 Å². The molecule has 0 saturated heterocycles. The van der Waals surface area contributed by atoms with Crippen LogP contribution in [0, 0.1) is 11.8 Å². The van der Waals surface area contributed by atoms with Crippen molar-refractivity contribution in [3.05, 3.63) is 0 Å². The first-order valence-corrected chi connectivity index (χ1v) is 8.77. The van der Waals surface area contributed by atoms with Gasteiger partial charge in [-0.05, 0) is 11.8 Å². The first-order valence-electron chi connectivity index (χ1n) is 5.78. The summed E-state index contributed by atoms with van der Waals surface area (Å²) in [6.45, 7) is 16.9. The Labute approximate surface area is 86.1 Å². The molecule has 0 amide bonds. The van der Waals surface area contributed by atoms with E-state index in [9.17, 15) is 0 Å². The Kier molecular flexibility index (Phi) is 5.27. The lowest BCUT2D eigenvalue weighted by atomic mass is 10.3. The van der Waals surface area contributed by atoms with Gasteiger partial charge in [-0.2, -0.15) is 0 Å². The molecule has 0 aromatic carbocycles. The Hall–Kier alpha value is 0.217. The maximum absolute atomic E-state index is 2.59. The fourth-order valence-electron chi connectivity index (χ4n) is 2.42. The maximum atomic E-state index is 2.59. The van der Waals surface area contributed by atoms with Crippen molar-refractivity contribution in [3.8, 4) is 0 Å². The van der Waals surface area contributed by atoms with Gasteiger partial charge in [0.25, 0.3) is 0 Å². The molecule has 0 saturated carbocycles. The molecule has 0 aromatic rings. The van der Waals surface area contributed by atoms with Crippen molar-refractivity contribution in [3.63, 3.8) is 0 Å². The van der Waals surface area contributed by atoms with Gasteiger partial charge in [-0.3, -0.25) is 0 Å². The van der Waals surface area contributed by atoms with E-state index in [0.29, 0.717) is 0 Å². The van der Waals surface area contributed by atoms with E-state index in [1.54, 1.807) is 0 Å². The molecular weight excluding hydrogens is 172 g/mol. The molecule has 0 rings (SSSR count). The highest BCUT2D eigenvalue weighted by molar-refractivity contribution is 6.80. The minimum atomic E-state index is -0.953. The molecule has 0 nitrogen and oxygen atoms in total. The monoisotopic (exact) mass is 200 g/mol. The van der Waals surface area contributed by atoms with Crippen LogP contribution in [0.5, 0.6) is 0 Å². The van der Waals surface area contributed by atoms with Crippen LogP contribution >= 0.6 is 0 Å². The second-order valence-electron chi connectivity index (χ2n) is 6.00.